The van der Waals surface area contributed by atoms with Gasteiger partial charge in [-0.15, -0.1) is 0 Å². The van der Waals surface area contributed by atoms with Gasteiger partial charge in [0.1, 0.15) is 5.54 Å². The second-order valence-electron chi connectivity index (χ2n) is 4.55. The maximum absolute atomic E-state index is 11.7. The van der Waals surface area contributed by atoms with E-state index in [2.05, 4.69) is 10.6 Å². The van der Waals surface area contributed by atoms with Crippen LogP contribution in [0.5, 0.6) is 0 Å². The number of carbonyl (C=O) groups is 2. The molecule has 1 atom stereocenters. The summed E-state index contributed by atoms with van der Waals surface area (Å²) in [6.45, 7) is 1.90. The fourth-order valence-corrected chi connectivity index (χ4v) is 2.72. The second-order valence-corrected chi connectivity index (χ2v) is 5.46. The Morgan fingerprint density at radius 2 is 2.00 bits per heavy atom. The summed E-state index contributed by atoms with van der Waals surface area (Å²) in [4.78, 5) is 22.9. The molecule has 6 heteroatoms. The first-order valence-electron chi connectivity index (χ1n) is 5.81. The maximum Gasteiger partial charge on any atom is 0.329 e. The number of rotatable bonds is 5. The van der Waals surface area contributed by atoms with Crippen LogP contribution < -0.4 is 10.6 Å². The van der Waals surface area contributed by atoms with E-state index >= 15 is 0 Å². The highest BCUT2D eigenvalue weighted by molar-refractivity contribution is 7.98. The first kappa shape index (κ1) is 14.2. The number of urea groups is 1. The Morgan fingerprint density at radius 3 is 2.47 bits per heavy atom. The highest BCUT2D eigenvalue weighted by atomic mass is 32.2. The van der Waals surface area contributed by atoms with Crippen molar-refractivity contribution < 1.29 is 14.7 Å². The number of thioether (sulfide) groups is 1. The molecule has 5 nitrogen and oxygen atoms in total. The number of aliphatic carboxylic acids is 1. The zero-order valence-corrected chi connectivity index (χ0v) is 11.1. The summed E-state index contributed by atoms with van der Waals surface area (Å²) in [5, 5.41) is 14.6. The van der Waals surface area contributed by atoms with E-state index < -0.39 is 11.5 Å². The van der Waals surface area contributed by atoms with Crippen molar-refractivity contribution in [2.75, 3.05) is 12.0 Å². The molecule has 98 valence electrons. The molecule has 1 fully saturated rings. The zero-order valence-electron chi connectivity index (χ0n) is 10.3. The monoisotopic (exact) mass is 260 g/mol. The summed E-state index contributed by atoms with van der Waals surface area (Å²) in [7, 11) is 0. The van der Waals surface area contributed by atoms with Gasteiger partial charge in [-0.3, -0.25) is 0 Å². The molecular weight excluding hydrogens is 240 g/mol. The van der Waals surface area contributed by atoms with Gasteiger partial charge in [0, 0.05) is 11.8 Å². The number of hydrogen-bond donors (Lipinski definition) is 3. The molecule has 0 spiro atoms. The van der Waals surface area contributed by atoms with Crippen molar-refractivity contribution in [1.29, 1.82) is 0 Å². The third-order valence-corrected chi connectivity index (χ3v) is 3.85. The molecule has 0 saturated heterocycles. The molecule has 0 radical (unpaired) electrons. The Bertz CT molecular complexity index is 290. The predicted molar refractivity (Wildman–Crippen MR) is 68.3 cm³/mol. The summed E-state index contributed by atoms with van der Waals surface area (Å²) in [5.41, 5.74) is -1.05. The molecule has 0 aromatic heterocycles. The summed E-state index contributed by atoms with van der Waals surface area (Å²) < 4.78 is 0. The van der Waals surface area contributed by atoms with Crippen LogP contribution in [-0.4, -0.2) is 40.7 Å². The Labute approximate surface area is 106 Å². The van der Waals surface area contributed by atoms with Crippen LogP contribution in [0.2, 0.25) is 0 Å². The van der Waals surface area contributed by atoms with Gasteiger partial charge in [0.25, 0.3) is 0 Å². The number of carboxylic acids is 1. The van der Waals surface area contributed by atoms with E-state index in [1.807, 2.05) is 13.2 Å². The Kier molecular flexibility index (Phi) is 5.11. The first-order chi connectivity index (χ1) is 8.00. The summed E-state index contributed by atoms with van der Waals surface area (Å²) >= 11 is 1.64. The molecule has 0 aromatic carbocycles. The van der Waals surface area contributed by atoms with Crippen molar-refractivity contribution >= 4 is 23.8 Å². The van der Waals surface area contributed by atoms with E-state index in [9.17, 15) is 14.7 Å². The van der Waals surface area contributed by atoms with Gasteiger partial charge in [0.05, 0.1) is 0 Å². The molecule has 1 saturated carbocycles. The largest absolute Gasteiger partial charge is 0.480 e. The molecule has 0 bridgehead atoms. The SMILES string of the molecule is CSCC(C)NC(=O)NC1(C(=O)O)CCCC1. The molecule has 1 aliphatic rings. The van der Waals surface area contributed by atoms with Gasteiger partial charge >= 0.3 is 12.0 Å². The van der Waals surface area contributed by atoms with Crippen molar-refractivity contribution in [3.63, 3.8) is 0 Å². The van der Waals surface area contributed by atoms with Gasteiger partial charge in [-0.2, -0.15) is 11.8 Å². The molecule has 1 aliphatic carbocycles. The standard InChI is InChI=1S/C11H20N2O3S/c1-8(7-17-2)12-10(16)13-11(9(14)15)5-3-4-6-11/h8H,3-7H2,1-2H3,(H,14,15)(H2,12,13,16). The van der Waals surface area contributed by atoms with E-state index in [0.29, 0.717) is 12.8 Å². The van der Waals surface area contributed by atoms with Gasteiger partial charge in [-0.05, 0) is 26.0 Å². The molecule has 2 amide bonds. The van der Waals surface area contributed by atoms with Crippen molar-refractivity contribution in [2.45, 2.75) is 44.2 Å². The second kappa shape index (κ2) is 6.14. The maximum atomic E-state index is 11.7. The average Bonchev–Trinajstić information content (AvgIpc) is 2.67. The van der Waals surface area contributed by atoms with Crippen LogP contribution in [-0.2, 0) is 4.79 Å². The Balaban J connectivity index is 2.51. The minimum Gasteiger partial charge on any atom is -0.480 e. The molecule has 1 unspecified atom stereocenters. The van der Waals surface area contributed by atoms with Crippen LogP contribution in [0.3, 0.4) is 0 Å². The molecule has 0 aromatic rings. The van der Waals surface area contributed by atoms with Gasteiger partial charge < -0.3 is 15.7 Å². The lowest BCUT2D eigenvalue weighted by Gasteiger charge is -2.26. The number of carbonyl (C=O) groups excluding carboxylic acids is 1. The van der Waals surface area contributed by atoms with Crippen molar-refractivity contribution in [2.24, 2.45) is 0 Å². The van der Waals surface area contributed by atoms with Crippen LogP contribution >= 0.6 is 11.8 Å². The number of carboxylic acid groups (broad SMARTS) is 1. The summed E-state index contributed by atoms with van der Waals surface area (Å²) in [5.74, 6) is -0.115. The van der Waals surface area contributed by atoms with Crippen molar-refractivity contribution in [3.05, 3.63) is 0 Å². The molecular formula is C11H20N2O3S. The fraction of sp³-hybridized carbons (Fsp3) is 0.818. The van der Waals surface area contributed by atoms with Gasteiger partial charge in [-0.25, -0.2) is 9.59 Å². The summed E-state index contributed by atoms with van der Waals surface area (Å²) in [6, 6.07) is -0.340. The fourth-order valence-electron chi connectivity index (χ4n) is 2.14. The quantitative estimate of drug-likeness (QED) is 0.699. The van der Waals surface area contributed by atoms with Crippen LogP contribution in [0.25, 0.3) is 0 Å². The van der Waals surface area contributed by atoms with Crippen molar-refractivity contribution in [3.8, 4) is 0 Å². The molecule has 0 aliphatic heterocycles. The topological polar surface area (TPSA) is 78.4 Å². The third kappa shape index (κ3) is 3.80. The number of amides is 2. The number of nitrogens with one attached hydrogen (secondary N) is 2. The summed E-state index contributed by atoms with van der Waals surface area (Å²) in [6.07, 6.45) is 4.71. The van der Waals surface area contributed by atoms with E-state index in [1.54, 1.807) is 11.8 Å². The molecule has 17 heavy (non-hydrogen) atoms. The molecule has 0 heterocycles. The highest BCUT2D eigenvalue weighted by Gasteiger charge is 2.42. The van der Waals surface area contributed by atoms with Crippen LogP contribution in [0.4, 0.5) is 4.79 Å². The lowest BCUT2D eigenvalue weighted by molar-refractivity contribution is -0.144. The third-order valence-electron chi connectivity index (χ3n) is 3.01. The van der Waals surface area contributed by atoms with Crippen LogP contribution in [0, 0.1) is 0 Å². The smallest absolute Gasteiger partial charge is 0.329 e. The van der Waals surface area contributed by atoms with Crippen LogP contribution in [0.15, 0.2) is 0 Å². The molecule has 3 N–H and O–H groups in total. The first-order valence-corrected chi connectivity index (χ1v) is 7.20. The minimum atomic E-state index is -1.05. The van der Waals surface area contributed by atoms with Gasteiger partial charge in [0.2, 0.25) is 0 Å². The number of hydrogen-bond acceptors (Lipinski definition) is 3. The minimum absolute atomic E-state index is 0.0391. The molecule has 1 rings (SSSR count). The average molecular weight is 260 g/mol. The zero-order chi connectivity index (χ0) is 12.9. The normalized spacial score (nSPS) is 19.6. The Hall–Kier alpha value is -0.910. The van der Waals surface area contributed by atoms with Gasteiger partial charge in [0.15, 0.2) is 0 Å². The van der Waals surface area contributed by atoms with E-state index in [1.165, 1.54) is 0 Å². The van der Waals surface area contributed by atoms with Crippen LogP contribution in [0.1, 0.15) is 32.6 Å². The van der Waals surface area contributed by atoms with Crippen molar-refractivity contribution in [1.82, 2.24) is 10.6 Å². The van der Waals surface area contributed by atoms with E-state index in [0.717, 1.165) is 18.6 Å². The highest BCUT2D eigenvalue weighted by Crippen LogP contribution is 2.29. The van der Waals surface area contributed by atoms with E-state index in [4.69, 9.17) is 0 Å². The Morgan fingerprint density at radius 1 is 1.41 bits per heavy atom. The van der Waals surface area contributed by atoms with E-state index in [-0.39, 0.29) is 12.1 Å². The lowest BCUT2D eigenvalue weighted by atomic mass is 9.98. The van der Waals surface area contributed by atoms with Gasteiger partial charge in [-0.1, -0.05) is 12.8 Å². The predicted octanol–water partition coefficient (Wildman–Crippen LogP) is 1.43. The lowest BCUT2D eigenvalue weighted by Crippen LogP contribution is -2.56.